The molecular weight excluding hydrogens is 104 g/mol. The summed E-state index contributed by atoms with van der Waals surface area (Å²) in [6.07, 6.45) is 4.64. The molecule has 0 spiro atoms. The minimum absolute atomic E-state index is 0.130. The summed E-state index contributed by atoms with van der Waals surface area (Å²) in [6, 6.07) is 0. The zero-order chi connectivity index (χ0) is 5.82. The smallest absolute Gasteiger partial charge is 0.265 e. The fourth-order valence-electron chi connectivity index (χ4n) is 0.476. The van der Waals surface area contributed by atoms with Crippen LogP contribution < -0.4 is 0 Å². The molecule has 0 fully saturated rings. The van der Waals surface area contributed by atoms with E-state index in [2.05, 4.69) is 10.2 Å². The van der Waals surface area contributed by atoms with E-state index in [1.54, 1.807) is 6.20 Å². The molecule has 0 saturated heterocycles. The van der Waals surface area contributed by atoms with Crippen molar-refractivity contribution in [3.63, 3.8) is 0 Å². The molecule has 1 aliphatic rings. The maximum Gasteiger partial charge on any atom is 0.265 e. The van der Waals surface area contributed by atoms with Crippen molar-refractivity contribution < 1.29 is 4.79 Å². The Balaban J connectivity index is 2.58. The van der Waals surface area contributed by atoms with Crippen molar-refractivity contribution in [3.05, 3.63) is 12.3 Å². The summed E-state index contributed by atoms with van der Waals surface area (Å²) in [4.78, 5) is 10.4. The summed E-state index contributed by atoms with van der Waals surface area (Å²) in [5.41, 5.74) is 0. The van der Waals surface area contributed by atoms with Gasteiger partial charge in [0.1, 0.15) is 0 Å². The van der Waals surface area contributed by atoms with Gasteiger partial charge in [0.2, 0.25) is 0 Å². The van der Waals surface area contributed by atoms with Crippen LogP contribution >= 0.6 is 0 Å². The van der Waals surface area contributed by atoms with E-state index in [-0.39, 0.29) is 5.91 Å². The first-order valence-corrected chi connectivity index (χ1v) is 2.48. The van der Waals surface area contributed by atoms with Gasteiger partial charge >= 0.3 is 0 Å². The molecule has 3 heteroatoms. The Hall–Kier alpha value is -0.990. The highest BCUT2D eigenvalue weighted by molar-refractivity contribution is 5.76. The van der Waals surface area contributed by atoms with E-state index in [4.69, 9.17) is 0 Å². The molecule has 0 aromatic carbocycles. The molecule has 3 nitrogen and oxygen atoms in total. The van der Waals surface area contributed by atoms with Crippen molar-refractivity contribution in [1.29, 1.82) is 0 Å². The first-order valence-electron chi connectivity index (χ1n) is 2.48. The number of amides is 1. The van der Waals surface area contributed by atoms with Crippen LogP contribution in [0.25, 0.3) is 0 Å². The average Bonchev–Trinajstić information content (AvgIpc) is 1.94. The van der Waals surface area contributed by atoms with Crippen molar-refractivity contribution >= 4 is 5.91 Å². The molecule has 0 radical (unpaired) electrons. The summed E-state index contributed by atoms with van der Waals surface area (Å²) in [6.45, 7) is 0. The van der Waals surface area contributed by atoms with E-state index in [0.29, 0.717) is 6.42 Å². The summed E-state index contributed by atoms with van der Waals surface area (Å²) in [5.74, 6) is -0.130. The molecule has 0 N–H and O–H groups in total. The molecule has 0 bridgehead atoms. The van der Waals surface area contributed by atoms with Gasteiger partial charge < -0.3 is 0 Å². The quantitative estimate of drug-likeness (QED) is 0.463. The molecule has 0 aromatic rings. The van der Waals surface area contributed by atoms with Gasteiger partial charge in [0, 0.05) is 12.6 Å². The van der Waals surface area contributed by atoms with Crippen LogP contribution in [-0.4, -0.2) is 5.91 Å². The molecule has 8 heavy (non-hydrogen) atoms. The lowest BCUT2D eigenvalue weighted by Crippen LogP contribution is -1.86. The summed E-state index contributed by atoms with van der Waals surface area (Å²) in [5, 5.41) is 6.77. The lowest BCUT2D eigenvalue weighted by Gasteiger charge is -1.80. The molecule has 0 atom stereocenters. The van der Waals surface area contributed by atoms with Gasteiger partial charge in [-0.05, 0) is 6.42 Å². The Labute approximate surface area is 47.1 Å². The van der Waals surface area contributed by atoms with Crippen LogP contribution in [0.15, 0.2) is 22.5 Å². The van der Waals surface area contributed by atoms with Gasteiger partial charge in [-0.3, -0.25) is 4.79 Å². The van der Waals surface area contributed by atoms with Crippen LogP contribution in [0, 0.1) is 0 Å². The van der Waals surface area contributed by atoms with Crippen molar-refractivity contribution in [3.8, 4) is 0 Å². The molecule has 1 rings (SSSR count). The zero-order valence-corrected chi connectivity index (χ0v) is 4.37. The SMILES string of the molecule is O=C1CCC=CN=N1. The molecule has 1 amide bonds. The van der Waals surface area contributed by atoms with E-state index >= 15 is 0 Å². The maximum absolute atomic E-state index is 10.4. The van der Waals surface area contributed by atoms with E-state index in [9.17, 15) is 4.79 Å². The van der Waals surface area contributed by atoms with Crippen LogP contribution in [0.2, 0.25) is 0 Å². The van der Waals surface area contributed by atoms with E-state index < -0.39 is 0 Å². The molecule has 0 aliphatic carbocycles. The van der Waals surface area contributed by atoms with Crippen LogP contribution in [-0.2, 0) is 4.79 Å². The predicted molar refractivity (Wildman–Crippen MR) is 28.2 cm³/mol. The molecular formula is C5H6N2O. The van der Waals surface area contributed by atoms with E-state index in [1.165, 1.54) is 0 Å². The summed E-state index contributed by atoms with van der Waals surface area (Å²) >= 11 is 0. The van der Waals surface area contributed by atoms with Gasteiger partial charge in [0.25, 0.3) is 5.91 Å². The highest BCUT2D eigenvalue weighted by Gasteiger charge is 1.97. The second-order valence-electron chi connectivity index (χ2n) is 1.53. The summed E-state index contributed by atoms with van der Waals surface area (Å²) < 4.78 is 0. The third-order valence-electron chi connectivity index (χ3n) is 0.866. The van der Waals surface area contributed by atoms with Gasteiger partial charge in [-0.2, -0.15) is 5.11 Å². The highest BCUT2D eigenvalue weighted by Crippen LogP contribution is 1.99. The van der Waals surface area contributed by atoms with Crippen LogP contribution in [0.5, 0.6) is 0 Å². The molecule has 42 valence electrons. The third kappa shape index (κ3) is 1.26. The fourth-order valence-corrected chi connectivity index (χ4v) is 0.476. The molecule has 0 unspecified atom stereocenters. The van der Waals surface area contributed by atoms with Crippen LogP contribution in [0.1, 0.15) is 12.8 Å². The number of rotatable bonds is 0. The standard InChI is InChI=1S/C5H6N2O/c8-5-3-1-2-4-6-7-5/h2,4H,1,3H2. The number of hydrogen-bond acceptors (Lipinski definition) is 2. The van der Waals surface area contributed by atoms with Gasteiger partial charge in [-0.25, -0.2) is 0 Å². The number of hydrogen-bond donors (Lipinski definition) is 0. The predicted octanol–water partition coefficient (Wildman–Crippen LogP) is 1.27. The number of allylic oxidation sites excluding steroid dienone is 1. The molecule has 0 aromatic heterocycles. The Morgan fingerprint density at radius 2 is 2.50 bits per heavy atom. The average molecular weight is 110 g/mol. The monoisotopic (exact) mass is 110 g/mol. The Morgan fingerprint density at radius 3 is 3.38 bits per heavy atom. The Kier molecular flexibility index (Phi) is 1.51. The van der Waals surface area contributed by atoms with Crippen molar-refractivity contribution in [2.75, 3.05) is 0 Å². The second-order valence-corrected chi connectivity index (χ2v) is 1.53. The largest absolute Gasteiger partial charge is 0.271 e. The maximum atomic E-state index is 10.4. The topological polar surface area (TPSA) is 41.8 Å². The van der Waals surface area contributed by atoms with Crippen LogP contribution in [0.3, 0.4) is 0 Å². The lowest BCUT2D eigenvalue weighted by molar-refractivity contribution is -0.118. The van der Waals surface area contributed by atoms with Crippen molar-refractivity contribution in [1.82, 2.24) is 0 Å². The number of azo groups is 1. The zero-order valence-electron chi connectivity index (χ0n) is 4.37. The molecule has 1 aliphatic heterocycles. The Bertz CT molecular complexity index is 149. The highest BCUT2D eigenvalue weighted by atomic mass is 16.1. The van der Waals surface area contributed by atoms with Crippen molar-refractivity contribution in [2.24, 2.45) is 10.2 Å². The number of carbonyl (C=O) groups excluding carboxylic acids is 1. The molecule has 0 saturated carbocycles. The normalized spacial score (nSPS) is 18.8. The summed E-state index contributed by atoms with van der Waals surface area (Å²) in [7, 11) is 0. The van der Waals surface area contributed by atoms with Gasteiger partial charge in [0.15, 0.2) is 0 Å². The first-order chi connectivity index (χ1) is 3.89. The Morgan fingerprint density at radius 1 is 1.62 bits per heavy atom. The first kappa shape index (κ1) is 5.15. The molecule has 1 heterocycles. The van der Waals surface area contributed by atoms with E-state index in [0.717, 1.165) is 6.42 Å². The minimum atomic E-state index is -0.130. The van der Waals surface area contributed by atoms with Crippen LogP contribution in [0.4, 0.5) is 0 Å². The second kappa shape index (κ2) is 2.35. The number of nitrogens with zero attached hydrogens (tertiary/aromatic N) is 2. The van der Waals surface area contributed by atoms with Gasteiger partial charge in [0.05, 0.1) is 0 Å². The van der Waals surface area contributed by atoms with Gasteiger partial charge in [-0.1, -0.05) is 6.08 Å². The van der Waals surface area contributed by atoms with Crippen molar-refractivity contribution in [2.45, 2.75) is 12.8 Å². The fraction of sp³-hybridized carbons (Fsp3) is 0.400. The third-order valence-corrected chi connectivity index (χ3v) is 0.866. The minimum Gasteiger partial charge on any atom is -0.271 e. The lowest BCUT2D eigenvalue weighted by atomic mass is 10.3. The van der Waals surface area contributed by atoms with E-state index in [1.807, 2.05) is 6.08 Å². The van der Waals surface area contributed by atoms with Gasteiger partial charge in [-0.15, -0.1) is 5.11 Å². The number of carbonyl (C=O) groups is 1.